The number of rotatable bonds is 3. The zero-order valence-electron chi connectivity index (χ0n) is 7.75. The van der Waals surface area contributed by atoms with E-state index in [2.05, 4.69) is 12.1 Å². The van der Waals surface area contributed by atoms with Gasteiger partial charge in [0.1, 0.15) is 5.60 Å². The number of hydrogen-bond acceptors (Lipinski definition) is 2. The number of hydrogen-bond donors (Lipinski definition) is 0. The lowest BCUT2D eigenvalue weighted by atomic mass is 9.92. The van der Waals surface area contributed by atoms with Crippen LogP contribution in [0.15, 0.2) is 24.3 Å². The first-order valence-electron chi connectivity index (χ1n) is 4.56. The highest BCUT2D eigenvalue weighted by atomic mass is 16.6. The molecule has 0 spiro atoms. The Balaban J connectivity index is 2.22. The number of benzene rings is 1. The molecule has 0 aliphatic carbocycles. The summed E-state index contributed by atoms with van der Waals surface area (Å²) in [6, 6.07) is 11.0. The summed E-state index contributed by atoms with van der Waals surface area (Å²) in [5.41, 5.74) is 0.982. The zero-order chi connectivity index (χ0) is 9.15. The van der Waals surface area contributed by atoms with Crippen molar-refractivity contribution in [2.45, 2.75) is 12.5 Å². The van der Waals surface area contributed by atoms with Crippen LogP contribution in [0.2, 0.25) is 0 Å². The van der Waals surface area contributed by atoms with Crippen molar-refractivity contribution in [2.75, 3.05) is 19.8 Å². The predicted octanol–water partition coefficient (Wildman–Crippen LogP) is 1.75. The molecular weight excluding hydrogens is 164 g/mol. The minimum Gasteiger partial charge on any atom is -0.375 e. The van der Waals surface area contributed by atoms with Crippen LogP contribution in [0, 0.1) is 6.07 Å². The smallest absolute Gasteiger partial charge is 0.139 e. The van der Waals surface area contributed by atoms with Crippen LogP contribution in [-0.4, -0.2) is 19.8 Å². The first-order valence-corrected chi connectivity index (χ1v) is 4.56. The number of ether oxygens (including phenoxy) is 2. The Bertz CT molecular complexity index is 265. The summed E-state index contributed by atoms with van der Waals surface area (Å²) in [5, 5.41) is 0. The molecule has 1 aliphatic rings. The van der Waals surface area contributed by atoms with Crippen LogP contribution < -0.4 is 0 Å². The SMILES string of the molecule is CCOC1(c2c[c]ccc2)COC1. The van der Waals surface area contributed by atoms with Crippen LogP contribution in [-0.2, 0) is 15.1 Å². The van der Waals surface area contributed by atoms with Crippen LogP contribution in [0.4, 0.5) is 0 Å². The molecule has 2 heteroatoms. The van der Waals surface area contributed by atoms with Crippen molar-refractivity contribution in [3.63, 3.8) is 0 Å². The maximum Gasteiger partial charge on any atom is 0.139 e. The molecule has 13 heavy (non-hydrogen) atoms. The lowest BCUT2D eigenvalue weighted by molar-refractivity contribution is -0.214. The fourth-order valence-electron chi connectivity index (χ4n) is 1.57. The molecule has 0 amide bonds. The standard InChI is InChI=1S/C11H13O2/c1-2-13-11(8-12-9-11)10-6-4-3-5-7-10/h3-4,6-7H,2,8-9H2,1H3. The van der Waals surface area contributed by atoms with Gasteiger partial charge in [-0.25, -0.2) is 0 Å². The highest BCUT2D eigenvalue weighted by molar-refractivity contribution is 5.24. The van der Waals surface area contributed by atoms with E-state index in [1.54, 1.807) is 0 Å². The van der Waals surface area contributed by atoms with E-state index in [1.165, 1.54) is 5.56 Å². The molecule has 0 N–H and O–H groups in total. The summed E-state index contributed by atoms with van der Waals surface area (Å²) >= 11 is 0. The van der Waals surface area contributed by atoms with E-state index in [0.29, 0.717) is 13.2 Å². The molecule has 0 unspecified atom stereocenters. The van der Waals surface area contributed by atoms with Crippen LogP contribution in [0.25, 0.3) is 0 Å². The third-order valence-electron chi connectivity index (χ3n) is 2.32. The molecule has 1 heterocycles. The van der Waals surface area contributed by atoms with Crippen LogP contribution in [0.3, 0.4) is 0 Å². The van der Waals surface area contributed by atoms with Gasteiger partial charge in [-0.15, -0.1) is 0 Å². The second-order valence-corrected chi connectivity index (χ2v) is 3.21. The van der Waals surface area contributed by atoms with E-state index in [9.17, 15) is 0 Å². The van der Waals surface area contributed by atoms with E-state index in [4.69, 9.17) is 9.47 Å². The predicted molar refractivity (Wildman–Crippen MR) is 49.4 cm³/mol. The Kier molecular flexibility index (Phi) is 2.34. The van der Waals surface area contributed by atoms with Gasteiger partial charge in [0.05, 0.1) is 13.2 Å². The van der Waals surface area contributed by atoms with Crippen molar-refractivity contribution in [2.24, 2.45) is 0 Å². The van der Waals surface area contributed by atoms with Gasteiger partial charge >= 0.3 is 0 Å². The Morgan fingerprint density at radius 2 is 2.46 bits per heavy atom. The van der Waals surface area contributed by atoms with Gasteiger partial charge < -0.3 is 9.47 Å². The molecule has 2 nitrogen and oxygen atoms in total. The topological polar surface area (TPSA) is 18.5 Å². The van der Waals surface area contributed by atoms with Crippen molar-refractivity contribution in [3.8, 4) is 0 Å². The van der Waals surface area contributed by atoms with Gasteiger partial charge in [-0.3, -0.25) is 0 Å². The molecule has 2 rings (SSSR count). The van der Waals surface area contributed by atoms with Crippen molar-refractivity contribution in [1.82, 2.24) is 0 Å². The van der Waals surface area contributed by atoms with Crippen molar-refractivity contribution in [1.29, 1.82) is 0 Å². The lowest BCUT2D eigenvalue weighted by Gasteiger charge is -2.41. The van der Waals surface area contributed by atoms with Gasteiger partial charge in [0.2, 0.25) is 0 Å². The van der Waals surface area contributed by atoms with E-state index in [-0.39, 0.29) is 5.60 Å². The van der Waals surface area contributed by atoms with E-state index in [1.807, 2.05) is 25.1 Å². The first-order chi connectivity index (χ1) is 6.37. The average Bonchev–Trinajstić information content (AvgIpc) is 2.13. The normalized spacial score (nSPS) is 19.5. The molecule has 0 aromatic heterocycles. The minimum atomic E-state index is -0.188. The first kappa shape index (κ1) is 8.73. The Hall–Kier alpha value is -0.860. The molecule has 1 fully saturated rings. The molecular formula is C11H13O2. The summed E-state index contributed by atoms with van der Waals surface area (Å²) in [6.07, 6.45) is 0. The lowest BCUT2D eigenvalue weighted by Crippen LogP contribution is -2.49. The Labute approximate surface area is 78.5 Å². The summed E-state index contributed by atoms with van der Waals surface area (Å²) < 4.78 is 10.9. The third-order valence-corrected chi connectivity index (χ3v) is 2.32. The molecule has 0 saturated carbocycles. The second-order valence-electron chi connectivity index (χ2n) is 3.21. The fourth-order valence-corrected chi connectivity index (χ4v) is 1.57. The van der Waals surface area contributed by atoms with E-state index >= 15 is 0 Å². The molecule has 1 saturated heterocycles. The average molecular weight is 177 g/mol. The summed E-state index contributed by atoms with van der Waals surface area (Å²) in [7, 11) is 0. The summed E-state index contributed by atoms with van der Waals surface area (Å²) in [5.74, 6) is 0. The van der Waals surface area contributed by atoms with Gasteiger partial charge in [-0.2, -0.15) is 0 Å². The largest absolute Gasteiger partial charge is 0.375 e. The van der Waals surface area contributed by atoms with E-state index < -0.39 is 0 Å². The molecule has 1 radical (unpaired) electrons. The van der Waals surface area contributed by atoms with Crippen LogP contribution in [0.1, 0.15) is 12.5 Å². The van der Waals surface area contributed by atoms with Gasteiger partial charge in [-0.1, -0.05) is 18.2 Å². The van der Waals surface area contributed by atoms with Gasteiger partial charge in [0, 0.05) is 6.61 Å². The quantitative estimate of drug-likeness (QED) is 0.700. The maximum absolute atomic E-state index is 5.71. The van der Waals surface area contributed by atoms with Gasteiger partial charge in [-0.05, 0) is 24.6 Å². The highest BCUT2D eigenvalue weighted by Gasteiger charge is 2.40. The molecule has 1 aromatic rings. The Morgan fingerprint density at radius 3 is 2.92 bits per heavy atom. The second kappa shape index (κ2) is 3.48. The van der Waals surface area contributed by atoms with E-state index in [0.717, 1.165) is 6.61 Å². The zero-order valence-corrected chi connectivity index (χ0v) is 7.75. The van der Waals surface area contributed by atoms with Crippen molar-refractivity contribution in [3.05, 3.63) is 35.9 Å². The molecule has 0 bridgehead atoms. The molecule has 1 aromatic carbocycles. The van der Waals surface area contributed by atoms with Crippen LogP contribution in [0.5, 0.6) is 0 Å². The monoisotopic (exact) mass is 177 g/mol. The van der Waals surface area contributed by atoms with Crippen LogP contribution >= 0.6 is 0 Å². The molecule has 1 aliphatic heterocycles. The molecule has 69 valence electrons. The summed E-state index contributed by atoms with van der Waals surface area (Å²) in [6.45, 7) is 4.06. The van der Waals surface area contributed by atoms with Gasteiger partial charge in [0.15, 0.2) is 0 Å². The maximum atomic E-state index is 5.71. The van der Waals surface area contributed by atoms with Crippen molar-refractivity contribution < 1.29 is 9.47 Å². The Morgan fingerprint density at radius 1 is 1.62 bits per heavy atom. The fraction of sp³-hybridized carbons (Fsp3) is 0.455. The highest BCUT2D eigenvalue weighted by Crippen LogP contribution is 2.33. The van der Waals surface area contributed by atoms with Gasteiger partial charge in [0.25, 0.3) is 0 Å². The molecule has 0 atom stereocenters. The minimum absolute atomic E-state index is 0.188. The third kappa shape index (κ3) is 1.47. The van der Waals surface area contributed by atoms with Crippen molar-refractivity contribution >= 4 is 0 Å². The summed E-state index contributed by atoms with van der Waals surface area (Å²) in [4.78, 5) is 0.